The first-order valence-electron chi connectivity index (χ1n) is 6.84. The lowest BCUT2D eigenvalue weighted by molar-refractivity contribution is 0.0698. The summed E-state index contributed by atoms with van der Waals surface area (Å²) < 4.78 is 0.783. The molecule has 3 nitrogen and oxygen atoms in total. The summed E-state index contributed by atoms with van der Waals surface area (Å²) in [4.78, 5) is 11.2. The lowest BCUT2D eigenvalue weighted by Gasteiger charge is -2.17. The molecule has 0 aliphatic heterocycles. The fourth-order valence-corrected chi connectivity index (χ4v) is 2.40. The van der Waals surface area contributed by atoms with Crippen LogP contribution >= 0.6 is 15.9 Å². The smallest absolute Gasteiger partial charge is 0.337 e. The molecule has 4 heteroatoms. The van der Waals surface area contributed by atoms with E-state index in [4.69, 9.17) is 0 Å². The van der Waals surface area contributed by atoms with Gasteiger partial charge in [0.1, 0.15) is 0 Å². The zero-order valence-electron chi connectivity index (χ0n) is 11.6. The van der Waals surface area contributed by atoms with Crippen molar-refractivity contribution in [2.45, 2.75) is 52.0 Å². The summed E-state index contributed by atoms with van der Waals surface area (Å²) in [6.07, 6.45) is 5.99. The lowest BCUT2D eigenvalue weighted by Crippen LogP contribution is -2.17. The minimum Gasteiger partial charge on any atom is -0.478 e. The molecule has 0 aliphatic carbocycles. The van der Waals surface area contributed by atoms with Crippen molar-refractivity contribution in [1.29, 1.82) is 0 Å². The molecule has 1 rings (SSSR count). The van der Waals surface area contributed by atoms with Crippen LogP contribution in [0.2, 0.25) is 0 Å². The van der Waals surface area contributed by atoms with Crippen LogP contribution in [0.1, 0.15) is 56.3 Å². The Hall–Kier alpha value is -1.03. The van der Waals surface area contributed by atoms with Gasteiger partial charge in [-0.15, -0.1) is 0 Å². The Kier molecular flexibility index (Phi) is 6.92. The Morgan fingerprint density at radius 3 is 2.74 bits per heavy atom. The first-order chi connectivity index (χ1) is 9.04. The second kappa shape index (κ2) is 8.20. The SMILES string of the molecule is CCCCCCC(C)Nc1ccc(Br)cc1C(=O)O. The highest BCUT2D eigenvalue weighted by Crippen LogP contribution is 2.22. The summed E-state index contributed by atoms with van der Waals surface area (Å²) in [6, 6.07) is 5.60. The molecule has 2 N–H and O–H groups in total. The third-order valence-electron chi connectivity index (χ3n) is 3.10. The fourth-order valence-electron chi connectivity index (χ4n) is 2.03. The van der Waals surface area contributed by atoms with Gasteiger partial charge >= 0.3 is 5.97 Å². The number of carboxylic acids is 1. The molecule has 0 bridgehead atoms. The van der Waals surface area contributed by atoms with E-state index in [0.29, 0.717) is 11.3 Å². The standard InChI is InChI=1S/C15H22BrNO2/c1-3-4-5-6-7-11(2)17-14-9-8-12(16)10-13(14)15(18)19/h8-11,17H,3-7H2,1-2H3,(H,18,19). The molecular weight excluding hydrogens is 306 g/mol. The van der Waals surface area contributed by atoms with Gasteiger partial charge in [0.2, 0.25) is 0 Å². The van der Waals surface area contributed by atoms with Crippen LogP contribution in [0, 0.1) is 0 Å². The van der Waals surface area contributed by atoms with E-state index >= 15 is 0 Å². The van der Waals surface area contributed by atoms with E-state index in [9.17, 15) is 9.90 Å². The Labute approximate surface area is 123 Å². The maximum Gasteiger partial charge on any atom is 0.337 e. The molecule has 0 spiro atoms. The van der Waals surface area contributed by atoms with E-state index in [0.717, 1.165) is 10.9 Å². The molecule has 0 saturated carbocycles. The largest absolute Gasteiger partial charge is 0.478 e. The Balaban J connectivity index is 2.58. The Bertz CT molecular complexity index is 421. The first-order valence-corrected chi connectivity index (χ1v) is 7.63. The van der Waals surface area contributed by atoms with Gasteiger partial charge in [-0.2, -0.15) is 0 Å². The van der Waals surface area contributed by atoms with Crippen LogP contribution in [0.25, 0.3) is 0 Å². The van der Waals surface area contributed by atoms with Crippen LogP contribution in [0.4, 0.5) is 5.69 Å². The monoisotopic (exact) mass is 327 g/mol. The Morgan fingerprint density at radius 1 is 1.37 bits per heavy atom. The van der Waals surface area contributed by atoms with E-state index in [-0.39, 0.29) is 6.04 Å². The molecule has 0 aliphatic rings. The second-order valence-electron chi connectivity index (χ2n) is 4.89. The minimum absolute atomic E-state index is 0.288. The zero-order valence-corrected chi connectivity index (χ0v) is 13.2. The summed E-state index contributed by atoms with van der Waals surface area (Å²) in [5, 5.41) is 12.5. The molecule has 0 radical (unpaired) electrons. The van der Waals surface area contributed by atoms with Crippen molar-refractivity contribution in [3.8, 4) is 0 Å². The molecule has 0 heterocycles. The van der Waals surface area contributed by atoms with Gasteiger partial charge in [0.05, 0.1) is 5.56 Å². The van der Waals surface area contributed by atoms with Gasteiger partial charge < -0.3 is 10.4 Å². The van der Waals surface area contributed by atoms with Crippen LogP contribution in [0.15, 0.2) is 22.7 Å². The number of nitrogens with one attached hydrogen (secondary N) is 1. The zero-order chi connectivity index (χ0) is 14.3. The van der Waals surface area contributed by atoms with Crippen molar-refractivity contribution in [2.24, 2.45) is 0 Å². The summed E-state index contributed by atoms with van der Waals surface area (Å²) in [5.41, 5.74) is 1.01. The number of halogens is 1. The number of carboxylic acid groups (broad SMARTS) is 1. The Morgan fingerprint density at radius 2 is 2.11 bits per heavy atom. The van der Waals surface area contributed by atoms with Crippen LogP contribution in [-0.4, -0.2) is 17.1 Å². The van der Waals surface area contributed by atoms with E-state index in [1.807, 2.05) is 12.1 Å². The molecule has 106 valence electrons. The highest BCUT2D eigenvalue weighted by Gasteiger charge is 2.12. The minimum atomic E-state index is -0.901. The van der Waals surface area contributed by atoms with Crippen molar-refractivity contribution in [3.05, 3.63) is 28.2 Å². The predicted molar refractivity (Wildman–Crippen MR) is 82.9 cm³/mol. The third kappa shape index (κ3) is 5.64. The number of carbonyl (C=O) groups is 1. The number of aromatic carboxylic acids is 1. The number of anilines is 1. The van der Waals surface area contributed by atoms with E-state index in [2.05, 4.69) is 35.1 Å². The molecule has 1 aromatic carbocycles. The number of hydrogen-bond acceptors (Lipinski definition) is 2. The van der Waals surface area contributed by atoms with Crippen molar-refractivity contribution in [2.75, 3.05) is 5.32 Å². The van der Waals surface area contributed by atoms with Crippen molar-refractivity contribution >= 4 is 27.6 Å². The van der Waals surface area contributed by atoms with Crippen LogP contribution in [0.3, 0.4) is 0 Å². The van der Waals surface area contributed by atoms with Gasteiger partial charge in [0.25, 0.3) is 0 Å². The van der Waals surface area contributed by atoms with Crippen LogP contribution in [-0.2, 0) is 0 Å². The maximum absolute atomic E-state index is 11.2. The van der Waals surface area contributed by atoms with Gasteiger partial charge in [-0.1, -0.05) is 48.5 Å². The number of rotatable bonds is 8. The van der Waals surface area contributed by atoms with Gasteiger partial charge in [-0.05, 0) is 31.5 Å². The topological polar surface area (TPSA) is 49.3 Å². The van der Waals surface area contributed by atoms with Gasteiger partial charge in [-0.25, -0.2) is 4.79 Å². The molecule has 1 aromatic rings. The molecule has 1 unspecified atom stereocenters. The lowest BCUT2D eigenvalue weighted by atomic mass is 10.1. The van der Waals surface area contributed by atoms with Gasteiger partial charge in [0.15, 0.2) is 0 Å². The van der Waals surface area contributed by atoms with Crippen molar-refractivity contribution in [1.82, 2.24) is 0 Å². The summed E-state index contributed by atoms with van der Waals surface area (Å²) in [7, 11) is 0. The average Bonchev–Trinajstić information content (AvgIpc) is 2.36. The molecule has 0 saturated heterocycles. The quantitative estimate of drug-likeness (QED) is 0.666. The van der Waals surface area contributed by atoms with Crippen molar-refractivity contribution < 1.29 is 9.90 Å². The summed E-state index contributed by atoms with van der Waals surface area (Å²) in [5.74, 6) is -0.901. The summed E-state index contributed by atoms with van der Waals surface area (Å²) >= 11 is 3.30. The molecule has 1 atom stereocenters. The fraction of sp³-hybridized carbons (Fsp3) is 0.533. The van der Waals surface area contributed by atoms with E-state index in [1.54, 1.807) is 6.07 Å². The molecule has 0 fully saturated rings. The van der Waals surface area contributed by atoms with Crippen LogP contribution in [0.5, 0.6) is 0 Å². The molecule has 0 amide bonds. The molecular formula is C15H22BrNO2. The molecule has 19 heavy (non-hydrogen) atoms. The van der Waals surface area contributed by atoms with E-state index in [1.165, 1.54) is 25.7 Å². The van der Waals surface area contributed by atoms with Gasteiger partial charge in [-0.3, -0.25) is 0 Å². The number of unbranched alkanes of at least 4 members (excludes halogenated alkanes) is 3. The summed E-state index contributed by atoms with van der Waals surface area (Å²) in [6.45, 7) is 4.29. The van der Waals surface area contributed by atoms with Crippen LogP contribution < -0.4 is 5.32 Å². The van der Waals surface area contributed by atoms with Crippen molar-refractivity contribution in [3.63, 3.8) is 0 Å². The normalized spacial score (nSPS) is 12.2. The highest BCUT2D eigenvalue weighted by molar-refractivity contribution is 9.10. The predicted octanol–water partition coefficient (Wildman–Crippen LogP) is 4.92. The average molecular weight is 328 g/mol. The maximum atomic E-state index is 11.2. The second-order valence-corrected chi connectivity index (χ2v) is 5.81. The van der Waals surface area contributed by atoms with E-state index < -0.39 is 5.97 Å². The number of hydrogen-bond donors (Lipinski definition) is 2. The first kappa shape index (κ1) is 16.0. The van der Waals surface area contributed by atoms with Gasteiger partial charge in [0, 0.05) is 16.2 Å². The highest BCUT2D eigenvalue weighted by atomic mass is 79.9. The third-order valence-corrected chi connectivity index (χ3v) is 3.60. The molecule has 0 aromatic heterocycles. The number of benzene rings is 1.